The van der Waals surface area contributed by atoms with Gasteiger partial charge in [0.2, 0.25) is 11.5 Å². The topological polar surface area (TPSA) is 126 Å². The minimum atomic E-state index is -1.76. The van der Waals surface area contributed by atoms with Crippen LogP contribution in [0.3, 0.4) is 0 Å². The normalized spacial score (nSPS) is 20.8. The van der Waals surface area contributed by atoms with Crippen LogP contribution in [0.2, 0.25) is 0 Å². The van der Waals surface area contributed by atoms with E-state index in [2.05, 4.69) is 15.4 Å². The van der Waals surface area contributed by atoms with Crippen molar-refractivity contribution in [2.75, 3.05) is 0 Å². The second kappa shape index (κ2) is 1.82. The van der Waals surface area contributed by atoms with E-state index in [1.807, 2.05) is 0 Å². The van der Waals surface area contributed by atoms with Gasteiger partial charge in [-0.3, -0.25) is 11.5 Å². The zero-order chi connectivity index (χ0) is 7.78. The molecule has 0 atom stereocenters. The number of carboxylic acids is 1. The van der Waals surface area contributed by atoms with E-state index in [1.165, 1.54) is 0 Å². The van der Waals surface area contributed by atoms with E-state index in [0.29, 0.717) is 0 Å². The van der Waals surface area contributed by atoms with Gasteiger partial charge in [0, 0.05) is 0 Å². The Kier molecular flexibility index (Phi) is 1.23. The van der Waals surface area contributed by atoms with Crippen LogP contribution in [-0.2, 0) is 4.79 Å². The van der Waals surface area contributed by atoms with E-state index in [9.17, 15) is 4.79 Å². The lowest BCUT2D eigenvalue weighted by Gasteiger charge is -2.09. The van der Waals surface area contributed by atoms with Crippen molar-refractivity contribution < 1.29 is 9.90 Å². The molecule has 0 radical (unpaired) electrons. The number of rotatable bonds is 1. The van der Waals surface area contributed by atoms with E-state index >= 15 is 0 Å². The molecular formula is C3H5N5O2. The molecule has 0 aliphatic carbocycles. The maximum absolute atomic E-state index is 10.2. The van der Waals surface area contributed by atoms with Crippen molar-refractivity contribution in [3.8, 4) is 0 Å². The predicted octanol–water partition coefficient (Wildman–Crippen LogP) is -1.54. The molecule has 54 valence electrons. The smallest absolute Gasteiger partial charge is 0.357 e. The molecule has 0 aromatic heterocycles. The number of carbonyl (C=O) groups is 1. The van der Waals surface area contributed by atoms with Gasteiger partial charge in [-0.05, 0) is 5.22 Å². The number of nitrogens with zero attached hydrogens (tertiary/aromatic N) is 3. The van der Waals surface area contributed by atoms with Crippen molar-refractivity contribution in [2.45, 2.75) is 5.79 Å². The lowest BCUT2D eigenvalue weighted by molar-refractivity contribution is -0.129. The summed E-state index contributed by atoms with van der Waals surface area (Å²) in [4.78, 5) is 10.2. The molecule has 0 saturated heterocycles. The Morgan fingerprint density at radius 1 is 1.60 bits per heavy atom. The summed E-state index contributed by atoms with van der Waals surface area (Å²) in [6.07, 6.45) is 0. The van der Waals surface area contributed by atoms with Crippen LogP contribution in [0.4, 0.5) is 0 Å². The van der Waals surface area contributed by atoms with Crippen LogP contribution in [0, 0.1) is 0 Å². The first-order valence-electron chi connectivity index (χ1n) is 2.35. The van der Waals surface area contributed by atoms with Gasteiger partial charge in [-0.15, -0.1) is 10.2 Å². The minimum absolute atomic E-state index is 0.451. The first-order chi connectivity index (χ1) is 4.54. The third-order valence-electron chi connectivity index (χ3n) is 0.937. The molecule has 1 aliphatic rings. The molecule has 1 heterocycles. The average molecular weight is 143 g/mol. The number of hydrogen-bond acceptors (Lipinski definition) is 6. The summed E-state index contributed by atoms with van der Waals surface area (Å²) in [5.41, 5.74) is 9.81. The fourth-order valence-corrected chi connectivity index (χ4v) is 0.483. The lowest BCUT2D eigenvalue weighted by atomic mass is 10.2. The van der Waals surface area contributed by atoms with Gasteiger partial charge in [0.15, 0.2) is 0 Å². The molecule has 5 N–H and O–H groups in total. The van der Waals surface area contributed by atoms with Crippen LogP contribution in [0.25, 0.3) is 0 Å². The Labute approximate surface area is 55.4 Å². The van der Waals surface area contributed by atoms with Gasteiger partial charge >= 0.3 is 5.97 Å². The van der Waals surface area contributed by atoms with Gasteiger partial charge in [-0.1, -0.05) is 0 Å². The first kappa shape index (κ1) is 6.78. The second-order valence-corrected chi connectivity index (χ2v) is 1.77. The maximum Gasteiger partial charge on any atom is 0.357 e. The highest BCUT2D eigenvalue weighted by Gasteiger charge is 2.36. The summed E-state index contributed by atoms with van der Waals surface area (Å²) in [7, 11) is 0. The molecule has 7 nitrogen and oxygen atoms in total. The number of hydrogen-bond donors (Lipinski definition) is 3. The Hall–Kier alpha value is -1.34. The van der Waals surface area contributed by atoms with E-state index in [-0.39, 0.29) is 0 Å². The molecule has 1 rings (SSSR count). The average Bonchev–Trinajstić information content (AvgIpc) is 2.08. The molecule has 0 unspecified atom stereocenters. The fraction of sp³-hybridized carbons (Fsp3) is 0.333. The summed E-state index contributed by atoms with van der Waals surface area (Å²) >= 11 is 0. The molecule has 0 saturated carbocycles. The van der Waals surface area contributed by atoms with Gasteiger partial charge in [0.05, 0.1) is 0 Å². The van der Waals surface area contributed by atoms with Gasteiger partial charge < -0.3 is 5.11 Å². The number of aliphatic carboxylic acids is 1. The quantitative estimate of drug-likeness (QED) is 0.384. The van der Waals surface area contributed by atoms with Crippen molar-refractivity contribution >= 4 is 11.7 Å². The van der Waals surface area contributed by atoms with E-state index in [4.69, 9.17) is 16.6 Å². The summed E-state index contributed by atoms with van der Waals surface area (Å²) in [6, 6.07) is 0. The SMILES string of the molecule is NC1(N)N=NN=C1C(=O)O. The third-order valence-corrected chi connectivity index (χ3v) is 0.937. The van der Waals surface area contributed by atoms with Crippen LogP contribution >= 0.6 is 0 Å². The summed E-state index contributed by atoms with van der Waals surface area (Å²) in [6.45, 7) is 0. The summed E-state index contributed by atoms with van der Waals surface area (Å²) < 4.78 is 0. The van der Waals surface area contributed by atoms with E-state index < -0.39 is 17.5 Å². The van der Waals surface area contributed by atoms with Crippen molar-refractivity contribution in [3.05, 3.63) is 0 Å². The first-order valence-corrected chi connectivity index (χ1v) is 2.35. The third kappa shape index (κ3) is 0.870. The van der Waals surface area contributed by atoms with Crippen LogP contribution in [0.1, 0.15) is 0 Å². The fourth-order valence-electron chi connectivity index (χ4n) is 0.483. The monoisotopic (exact) mass is 143 g/mol. The van der Waals surface area contributed by atoms with Crippen LogP contribution in [0.15, 0.2) is 15.4 Å². The highest BCUT2D eigenvalue weighted by Crippen LogP contribution is 2.06. The Morgan fingerprint density at radius 2 is 2.20 bits per heavy atom. The van der Waals surface area contributed by atoms with Crippen molar-refractivity contribution in [3.63, 3.8) is 0 Å². The number of carboxylic acid groups (broad SMARTS) is 1. The van der Waals surface area contributed by atoms with Gasteiger partial charge in [-0.25, -0.2) is 4.79 Å². The zero-order valence-corrected chi connectivity index (χ0v) is 4.85. The molecule has 0 aromatic carbocycles. The van der Waals surface area contributed by atoms with Crippen molar-refractivity contribution in [1.29, 1.82) is 0 Å². The van der Waals surface area contributed by atoms with Crippen LogP contribution in [0.5, 0.6) is 0 Å². The lowest BCUT2D eigenvalue weighted by Crippen LogP contribution is -2.55. The van der Waals surface area contributed by atoms with E-state index in [1.54, 1.807) is 0 Å². The minimum Gasteiger partial charge on any atom is -0.477 e. The summed E-state index contributed by atoms with van der Waals surface area (Å²) in [5.74, 6) is -3.07. The Morgan fingerprint density at radius 3 is 2.40 bits per heavy atom. The number of nitrogens with two attached hydrogens (primary N) is 2. The Balaban J connectivity index is 2.93. The molecule has 0 aromatic rings. The Bertz CT molecular complexity index is 229. The van der Waals surface area contributed by atoms with Gasteiger partial charge in [0.25, 0.3) is 0 Å². The zero-order valence-electron chi connectivity index (χ0n) is 4.85. The van der Waals surface area contributed by atoms with Crippen LogP contribution in [-0.4, -0.2) is 22.6 Å². The molecule has 0 fully saturated rings. The molecule has 0 bridgehead atoms. The molecule has 7 heteroatoms. The molecule has 0 spiro atoms. The highest BCUT2D eigenvalue weighted by molar-refractivity contribution is 6.39. The molecular weight excluding hydrogens is 138 g/mol. The van der Waals surface area contributed by atoms with Crippen molar-refractivity contribution in [1.82, 2.24) is 0 Å². The predicted molar refractivity (Wildman–Crippen MR) is 31.0 cm³/mol. The standard InChI is InChI=1S/C3H5N5O2/c4-3(5)1(2(9)10)6-8-7-3/h4-5H2,(H,9,10). The van der Waals surface area contributed by atoms with Gasteiger partial charge in [0.1, 0.15) is 0 Å². The largest absolute Gasteiger partial charge is 0.477 e. The second-order valence-electron chi connectivity index (χ2n) is 1.77. The van der Waals surface area contributed by atoms with Gasteiger partial charge in [-0.2, -0.15) is 0 Å². The molecule has 10 heavy (non-hydrogen) atoms. The van der Waals surface area contributed by atoms with E-state index in [0.717, 1.165) is 0 Å². The summed E-state index contributed by atoms with van der Waals surface area (Å²) in [5, 5.41) is 17.6. The van der Waals surface area contributed by atoms with Crippen molar-refractivity contribution in [2.24, 2.45) is 26.9 Å². The maximum atomic E-state index is 10.2. The van der Waals surface area contributed by atoms with Crippen LogP contribution < -0.4 is 11.5 Å². The highest BCUT2D eigenvalue weighted by atomic mass is 16.4. The molecule has 1 aliphatic heterocycles. The molecule has 0 amide bonds.